The van der Waals surface area contributed by atoms with Crippen LogP contribution in [-0.2, 0) is 24.6 Å². The molecule has 0 heterocycles. The van der Waals surface area contributed by atoms with Crippen molar-refractivity contribution in [1.29, 1.82) is 0 Å². The van der Waals surface area contributed by atoms with Crippen LogP contribution in [0.3, 0.4) is 0 Å². The molecule has 0 saturated carbocycles. The van der Waals surface area contributed by atoms with Gasteiger partial charge in [-0.05, 0) is 47.9 Å². The summed E-state index contributed by atoms with van der Waals surface area (Å²) >= 11 is 0. The van der Waals surface area contributed by atoms with Crippen LogP contribution >= 0.6 is 0 Å². The second kappa shape index (κ2) is 6.79. The summed E-state index contributed by atoms with van der Waals surface area (Å²) in [5.41, 5.74) is 5.13. The molecular weight excluding hydrogens is 279 g/mol. The van der Waals surface area contributed by atoms with Crippen molar-refractivity contribution in [3.05, 3.63) is 34.4 Å². The van der Waals surface area contributed by atoms with E-state index in [0.29, 0.717) is 13.0 Å². The fourth-order valence-corrected chi connectivity index (χ4v) is 2.44. The quantitative estimate of drug-likeness (QED) is 0.813. The Morgan fingerprint density at radius 3 is 2.14 bits per heavy atom. The molecule has 0 atom stereocenters. The van der Waals surface area contributed by atoms with E-state index in [1.807, 2.05) is 0 Å². The molecule has 1 aromatic rings. The first-order chi connectivity index (χ1) is 9.61. The SMILES string of the molecule is CC(C)(C)c1cc(CCCCN)cc(CO)c1C(F)(F)F. The smallest absolute Gasteiger partial charge is 0.392 e. The van der Waals surface area contributed by atoms with Crippen molar-refractivity contribution in [2.24, 2.45) is 5.73 Å². The van der Waals surface area contributed by atoms with Crippen LogP contribution in [0.4, 0.5) is 13.2 Å². The minimum absolute atomic E-state index is 0.0438. The molecule has 5 heteroatoms. The number of aliphatic hydroxyl groups is 1. The van der Waals surface area contributed by atoms with Crippen molar-refractivity contribution in [2.75, 3.05) is 6.54 Å². The molecule has 0 unspecified atom stereocenters. The van der Waals surface area contributed by atoms with Crippen molar-refractivity contribution >= 4 is 0 Å². The number of benzene rings is 1. The van der Waals surface area contributed by atoms with Gasteiger partial charge in [-0.3, -0.25) is 0 Å². The van der Waals surface area contributed by atoms with Gasteiger partial charge in [-0.1, -0.05) is 32.9 Å². The van der Waals surface area contributed by atoms with Crippen molar-refractivity contribution in [2.45, 2.75) is 58.2 Å². The van der Waals surface area contributed by atoms with E-state index < -0.39 is 23.8 Å². The fraction of sp³-hybridized carbons (Fsp3) is 0.625. The molecule has 0 aliphatic carbocycles. The van der Waals surface area contributed by atoms with E-state index in [1.54, 1.807) is 26.8 Å². The van der Waals surface area contributed by atoms with Crippen molar-refractivity contribution in [3.63, 3.8) is 0 Å². The predicted molar refractivity (Wildman–Crippen MR) is 78.1 cm³/mol. The number of hydrogen-bond acceptors (Lipinski definition) is 2. The van der Waals surface area contributed by atoms with Crippen LogP contribution in [0, 0.1) is 0 Å². The lowest BCUT2D eigenvalue weighted by Gasteiger charge is -2.27. The summed E-state index contributed by atoms with van der Waals surface area (Å²) in [7, 11) is 0. The Labute approximate surface area is 124 Å². The first-order valence-electron chi connectivity index (χ1n) is 7.15. The van der Waals surface area contributed by atoms with Crippen LogP contribution in [0.15, 0.2) is 12.1 Å². The molecule has 2 nitrogen and oxygen atoms in total. The monoisotopic (exact) mass is 303 g/mol. The minimum atomic E-state index is -4.46. The van der Waals surface area contributed by atoms with Crippen molar-refractivity contribution in [3.8, 4) is 0 Å². The third-order valence-corrected chi connectivity index (χ3v) is 3.46. The molecule has 1 rings (SSSR count). The summed E-state index contributed by atoms with van der Waals surface area (Å²) in [5, 5.41) is 9.35. The van der Waals surface area contributed by atoms with Crippen LogP contribution in [0.2, 0.25) is 0 Å². The van der Waals surface area contributed by atoms with E-state index in [-0.39, 0.29) is 11.1 Å². The molecule has 0 aliphatic rings. The van der Waals surface area contributed by atoms with Crippen LogP contribution in [-0.4, -0.2) is 11.7 Å². The molecule has 3 N–H and O–H groups in total. The average molecular weight is 303 g/mol. The molecule has 0 spiro atoms. The average Bonchev–Trinajstić information content (AvgIpc) is 2.35. The third kappa shape index (κ3) is 4.71. The normalized spacial score (nSPS) is 12.8. The van der Waals surface area contributed by atoms with E-state index in [0.717, 1.165) is 18.4 Å². The highest BCUT2D eigenvalue weighted by Gasteiger charge is 2.38. The Morgan fingerprint density at radius 1 is 1.10 bits per heavy atom. The topological polar surface area (TPSA) is 46.2 Å². The summed E-state index contributed by atoms with van der Waals surface area (Å²) in [6.45, 7) is 5.22. The number of aryl methyl sites for hydroxylation is 1. The number of unbranched alkanes of at least 4 members (excludes halogenated alkanes) is 1. The summed E-state index contributed by atoms with van der Waals surface area (Å²) in [6.07, 6.45) is -2.13. The Bertz CT molecular complexity index is 476. The molecule has 0 fully saturated rings. The molecule has 0 aliphatic heterocycles. The third-order valence-electron chi connectivity index (χ3n) is 3.46. The van der Waals surface area contributed by atoms with Gasteiger partial charge in [-0.2, -0.15) is 13.2 Å². The Morgan fingerprint density at radius 2 is 1.71 bits per heavy atom. The maximum Gasteiger partial charge on any atom is 0.417 e. The Balaban J connectivity index is 3.37. The van der Waals surface area contributed by atoms with E-state index in [4.69, 9.17) is 5.73 Å². The lowest BCUT2D eigenvalue weighted by molar-refractivity contribution is -0.139. The van der Waals surface area contributed by atoms with Crippen LogP contribution < -0.4 is 5.73 Å². The molecule has 120 valence electrons. The van der Waals surface area contributed by atoms with Crippen LogP contribution in [0.25, 0.3) is 0 Å². The number of hydrogen-bond donors (Lipinski definition) is 2. The standard InChI is InChI=1S/C16H24F3NO/c1-15(2,3)13-9-11(6-4-5-7-20)8-12(10-21)14(13)16(17,18)19/h8-9,21H,4-7,10,20H2,1-3H3. The van der Waals surface area contributed by atoms with E-state index in [2.05, 4.69) is 0 Å². The minimum Gasteiger partial charge on any atom is -0.392 e. The number of nitrogens with two attached hydrogens (primary N) is 1. The Hall–Kier alpha value is -1.07. The zero-order valence-corrected chi connectivity index (χ0v) is 12.8. The first-order valence-corrected chi connectivity index (χ1v) is 7.15. The molecule has 0 saturated heterocycles. The van der Waals surface area contributed by atoms with Crippen molar-refractivity contribution in [1.82, 2.24) is 0 Å². The van der Waals surface area contributed by atoms with Gasteiger partial charge in [0.1, 0.15) is 0 Å². The van der Waals surface area contributed by atoms with Gasteiger partial charge >= 0.3 is 6.18 Å². The van der Waals surface area contributed by atoms with Gasteiger partial charge in [0.15, 0.2) is 0 Å². The number of aliphatic hydroxyl groups excluding tert-OH is 1. The molecule has 0 radical (unpaired) electrons. The van der Waals surface area contributed by atoms with E-state index in [1.165, 1.54) is 6.07 Å². The predicted octanol–water partition coefficient (Wildman–Crippen LogP) is 3.78. The maximum atomic E-state index is 13.3. The van der Waals surface area contributed by atoms with E-state index >= 15 is 0 Å². The molecule has 0 bridgehead atoms. The second-order valence-corrected chi connectivity index (χ2v) is 6.33. The highest BCUT2D eigenvalue weighted by atomic mass is 19.4. The van der Waals surface area contributed by atoms with Crippen LogP contribution in [0.5, 0.6) is 0 Å². The van der Waals surface area contributed by atoms with Crippen molar-refractivity contribution < 1.29 is 18.3 Å². The number of rotatable bonds is 5. The second-order valence-electron chi connectivity index (χ2n) is 6.33. The fourth-order valence-electron chi connectivity index (χ4n) is 2.44. The summed E-state index contributed by atoms with van der Waals surface area (Å²) < 4.78 is 40.0. The molecular formula is C16H24F3NO. The van der Waals surface area contributed by atoms with Gasteiger partial charge in [-0.15, -0.1) is 0 Å². The van der Waals surface area contributed by atoms with Gasteiger partial charge in [0.2, 0.25) is 0 Å². The Kier molecular flexibility index (Phi) is 5.82. The summed E-state index contributed by atoms with van der Waals surface area (Å²) in [6, 6.07) is 3.09. The summed E-state index contributed by atoms with van der Waals surface area (Å²) in [5.74, 6) is 0. The molecule has 0 aromatic heterocycles. The molecule has 21 heavy (non-hydrogen) atoms. The highest BCUT2D eigenvalue weighted by molar-refractivity contribution is 5.44. The first kappa shape index (κ1) is 18.0. The van der Waals surface area contributed by atoms with Gasteiger partial charge < -0.3 is 10.8 Å². The molecule has 0 amide bonds. The van der Waals surface area contributed by atoms with Gasteiger partial charge in [-0.25, -0.2) is 0 Å². The molecule has 1 aromatic carbocycles. The van der Waals surface area contributed by atoms with Gasteiger partial charge in [0.05, 0.1) is 12.2 Å². The van der Waals surface area contributed by atoms with Gasteiger partial charge in [0, 0.05) is 0 Å². The lowest BCUT2D eigenvalue weighted by atomic mass is 9.80. The van der Waals surface area contributed by atoms with Crippen LogP contribution in [0.1, 0.15) is 55.9 Å². The largest absolute Gasteiger partial charge is 0.417 e. The zero-order valence-electron chi connectivity index (χ0n) is 12.8. The number of alkyl halides is 3. The van der Waals surface area contributed by atoms with E-state index in [9.17, 15) is 18.3 Å². The highest BCUT2D eigenvalue weighted by Crippen LogP contribution is 2.40. The van der Waals surface area contributed by atoms with Gasteiger partial charge in [0.25, 0.3) is 0 Å². The number of halogens is 3. The zero-order chi connectivity index (χ0) is 16.3. The summed E-state index contributed by atoms with van der Waals surface area (Å²) in [4.78, 5) is 0. The maximum absolute atomic E-state index is 13.3. The lowest BCUT2D eigenvalue weighted by Crippen LogP contribution is -2.22.